The molecule has 1 atom stereocenters. The maximum Gasteiger partial charge on any atom is 0.191 e. The Balaban J connectivity index is 0.00000441. The Kier molecular flexibility index (Phi) is 9.54. The lowest BCUT2D eigenvalue weighted by Gasteiger charge is -2.22. The molecule has 1 rings (SSSR count). The first-order valence-corrected chi connectivity index (χ1v) is 8.43. The van der Waals surface area contributed by atoms with Crippen LogP contribution < -0.4 is 10.6 Å². The molecule has 0 amide bonds. The number of aliphatic imine (C=N–C) groups is 1. The second kappa shape index (κ2) is 9.70. The third-order valence-electron chi connectivity index (χ3n) is 3.41. The highest BCUT2D eigenvalue weighted by molar-refractivity contribution is 14.0. The molecule has 0 spiro atoms. The lowest BCUT2D eigenvalue weighted by Crippen LogP contribution is -2.42. The summed E-state index contributed by atoms with van der Waals surface area (Å²) >= 11 is 1.74. The summed E-state index contributed by atoms with van der Waals surface area (Å²) in [6.45, 7) is 13.9. The predicted octanol–water partition coefficient (Wildman–Crippen LogP) is 4.26. The van der Waals surface area contributed by atoms with Crippen LogP contribution >= 0.6 is 35.3 Å². The van der Waals surface area contributed by atoms with Gasteiger partial charge in [-0.25, -0.2) is 4.98 Å². The van der Waals surface area contributed by atoms with E-state index in [1.165, 1.54) is 11.3 Å². The first kappa shape index (κ1) is 21.6. The molecular weight excluding hydrogens is 407 g/mol. The summed E-state index contributed by atoms with van der Waals surface area (Å²) in [5.74, 6) is 0.849. The minimum atomic E-state index is 0. The Bertz CT molecular complexity index is 457. The highest BCUT2D eigenvalue weighted by Crippen LogP contribution is 2.21. The molecule has 0 saturated carbocycles. The number of nitrogens with one attached hydrogen (secondary N) is 2. The highest BCUT2D eigenvalue weighted by atomic mass is 127. The van der Waals surface area contributed by atoms with E-state index in [-0.39, 0.29) is 24.0 Å². The van der Waals surface area contributed by atoms with Crippen molar-refractivity contribution in [2.45, 2.75) is 67.0 Å². The third kappa shape index (κ3) is 8.31. The van der Waals surface area contributed by atoms with Crippen molar-refractivity contribution >= 4 is 41.3 Å². The number of aryl methyl sites for hydroxylation is 2. The zero-order chi connectivity index (χ0) is 16.0. The molecule has 1 unspecified atom stereocenters. The van der Waals surface area contributed by atoms with E-state index >= 15 is 0 Å². The summed E-state index contributed by atoms with van der Waals surface area (Å²) in [6.07, 6.45) is 2.34. The molecule has 0 saturated heterocycles. The zero-order valence-corrected chi connectivity index (χ0v) is 18.1. The van der Waals surface area contributed by atoms with E-state index in [9.17, 15) is 0 Å². The van der Waals surface area contributed by atoms with Crippen molar-refractivity contribution in [1.82, 2.24) is 15.6 Å². The average Bonchev–Trinajstić information content (AvgIpc) is 2.70. The molecule has 6 heteroatoms. The fraction of sp³-hybridized carbons (Fsp3) is 0.750. The van der Waals surface area contributed by atoms with Crippen LogP contribution in [0.25, 0.3) is 0 Å². The van der Waals surface area contributed by atoms with E-state index in [1.54, 1.807) is 11.3 Å². The van der Waals surface area contributed by atoms with Crippen molar-refractivity contribution in [1.29, 1.82) is 0 Å². The fourth-order valence-electron chi connectivity index (χ4n) is 1.92. The standard InChI is InChI=1S/C16H30N4S.HI/c1-11(8-9-16(4,5)6)19-15(17-7)18-10-14-20-12(2)13(3)21-14;/h11H,8-10H2,1-7H3,(H2,17,18,19);1H. The van der Waals surface area contributed by atoms with Gasteiger partial charge in [0.2, 0.25) is 0 Å². The molecule has 1 heterocycles. The van der Waals surface area contributed by atoms with Gasteiger partial charge in [-0.05, 0) is 39.0 Å². The summed E-state index contributed by atoms with van der Waals surface area (Å²) in [5.41, 5.74) is 1.50. The van der Waals surface area contributed by atoms with Gasteiger partial charge in [0.15, 0.2) is 5.96 Å². The molecule has 22 heavy (non-hydrogen) atoms. The molecule has 0 aromatic carbocycles. The summed E-state index contributed by atoms with van der Waals surface area (Å²) in [6, 6.07) is 0.412. The van der Waals surface area contributed by atoms with E-state index in [0.29, 0.717) is 11.5 Å². The SMILES string of the molecule is CN=C(NCc1nc(C)c(C)s1)NC(C)CCC(C)(C)C.I. The van der Waals surface area contributed by atoms with Crippen LogP contribution in [0.4, 0.5) is 0 Å². The molecule has 4 nitrogen and oxygen atoms in total. The van der Waals surface area contributed by atoms with Crippen LogP contribution in [0.1, 0.15) is 56.1 Å². The quantitative estimate of drug-likeness (QED) is 0.411. The van der Waals surface area contributed by atoms with Gasteiger partial charge in [0.25, 0.3) is 0 Å². The molecule has 1 aromatic rings. The first-order valence-electron chi connectivity index (χ1n) is 7.61. The van der Waals surface area contributed by atoms with Gasteiger partial charge in [-0.15, -0.1) is 35.3 Å². The van der Waals surface area contributed by atoms with Crippen molar-refractivity contribution in [2.24, 2.45) is 10.4 Å². The highest BCUT2D eigenvalue weighted by Gasteiger charge is 2.13. The molecule has 1 aromatic heterocycles. The number of guanidine groups is 1. The topological polar surface area (TPSA) is 49.3 Å². The van der Waals surface area contributed by atoms with Crippen LogP contribution in [0.3, 0.4) is 0 Å². The number of halogens is 1. The largest absolute Gasteiger partial charge is 0.354 e. The Morgan fingerprint density at radius 3 is 2.41 bits per heavy atom. The second-order valence-electron chi connectivity index (χ2n) is 6.82. The summed E-state index contributed by atoms with van der Waals surface area (Å²) in [7, 11) is 1.81. The van der Waals surface area contributed by atoms with Crippen molar-refractivity contribution in [3.63, 3.8) is 0 Å². The van der Waals surface area contributed by atoms with Gasteiger partial charge >= 0.3 is 0 Å². The molecule has 0 aliphatic heterocycles. The minimum Gasteiger partial charge on any atom is -0.354 e. The number of nitrogens with zero attached hydrogens (tertiary/aromatic N) is 2. The average molecular weight is 438 g/mol. The minimum absolute atomic E-state index is 0. The van der Waals surface area contributed by atoms with Crippen molar-refractivity contribution < 1.29 is 0 Å². The molecule has 0 aliphatic rings. The third-order valence-corrected chi connectivity index (χ3v) is 4.49. The Morgan fingerprint density at radius 1 is 1.32 bits per heavy atom. The van der Waals surface area contributed by atoms with Gasteiger partial charge < -0.3 is 10.6 Å². The first-order chi connectivity index (χ1) is 9.71. The molecule has 2 N–H and O–H groups in total. The van der Waals surface area contributed by atoms with Crippen LogP contribution in [-0.2, 0) is 6.54 Å². The van der Waals surface area contributed by atoms with Gasteiger partial charge in [0.1, 0.15) is 5.01 Å². The number of hydrogen-bond donors (Lipinski definition) is 2. The Hall–Kier alpha value is -0.370. The molecule has 0 radical (unpaired) electrons. The van der Waals surface area contributed by atoms with Crippen LogP contribution in [0.5, 0.6) is 0 Å². The normalized spacial score (nSPS) is 13.5. The Morgan fingerprint density at radius 2 is 1.95 bits per heavy atom. The molecule has 128 valence electrons. The maximum absolute atomic E-state index is 4.54. The number of hydrogen-bond acceptors (Lipinski definition) is 3. The van der Waals surface area contributed by atoms with Crippen LogP contribution in [-0.4, -0.2) is 24.0 Å². The van der Waals surface area contributed by atoms with Crippen LogP contribution in [0.15, 0.2) is 4.99 Å². The van der Waals surface area contributed by atoms with E-state index in [0.717, 1.165) is 29.6 Å². The van der Waals surface area contributed by atoms with Gasteiger partial charge in [-0.3, -0.25) is 4.99 Å². The molecular formula is C16H31IN4S. The second-order valence-corrected chi connectivity index (χ2v) is 8.11. The Labute approximate surface area is 156 Å². The van der Waals surface area contributed by atoms with E-state index in [1.807, 2.05) is 7.05 Å². The number of thiazole rings is 1. The monoisotopic (exact) mass is 438 g/mol. The van der Waals surface area contributed by atoms with Gasteiger partial charge in [-0.1, -0.05) is 20.8 Å². The number of rotatable bonds is 5. The van der Waals surface area contributed by atoms with Crippen LogP contribution in [0.2, 0.25) is 0 Å². The smallest absolute Gasteiger partial charge is 0.191 e. The van der Waals surface area contributed by atoms with Gasteiger partial charge in [0, 0.05) is 18.0 Å². The predicted molar refractivity (Wildman–Crippen MR) is 108 cm³/mol. The van der Waals surface area contributed by atoms with Crippen LogP contribution in [0, 0.1) is 19.3 Å². The molecule has 0 fully saturated rings. The van der Waals surface area contributed by atoms with Crippen molar-refractivity contribution in [3.8, 4) is 0 Å². The van der Waals surface area contributed by atoms with Crippen molar-refractivity contribution in [3.05, 3.63) is 15.6 Å². The van der Waals surface area contributed by atoms with E-state index in [4.69, 9.17) is 0 Å². The molecule has 0 aliphatic carbocycles. The number of aromatic nitrogens is 1. The lowest BCUT2D eigenvalue weighted by atomic mass is 9.89. The van der Waals surface area contributed by atoms with Gasteiger partial charge in [0.05, 0.1) is 12.2 Å². The van der Waals surface area contributed by atoms with Crippen molar-refractivity contribution in [2.75, 3.05) is 7.05 Å². The molecule has 0 bridgehead atoms. The lowest BCUT2D eigenvalue weighted by molar-refractivity contribution is 0.346. The summed E-state index contributed by atoms with van der Waals surface area (Å²) < 4.78 is 0. The van der Waals surface area contributed by atoms with E-state index in [2.05, 4.69) is 62.2 Å². The van der Waals surface area contributed by atoms with Gasteiger partial charge in [-0.2, -0.15) is 0 Å². The summed E-state index contributed by atoms with van der Waals surface area (Å²) in [4.78, 5) is 10.1. The van der Waals surface area contributed by atoms with E-state index < -0.39 is 0 Å². The fourth-order valence-corrected chi connectivity index (χ4v) is 2.80. The zero-order valence-electron chi connectivity index (χ0n) is 14.9. The summed E-state index contributed by atoms with van der Waals surface area (Å²) in [5, 5.41) is 7.89. The maximum atomic E-state index is 4.54.